The molecule has 1 amide bonds. The van der Waals surface area contributed by atoms with Crippen LogP contribution in [-0.2, 0) is 16.1 Å². The van der Waals surface area contributed by atoms with E-state index in [-0.39, 0.29) is 11.9 Å². The molecule has 0 heterocycles. The smallest absolute Gasteiger partial charge is 0.225 e. The summed E-state index contributed by atoms with van der Waals surface area (Å²) in [7, 11) is 1.66. The van der Waals surface area contributed by atoms with Crippen molar-refractivity contribution in [2.24, 2.45) is 0 Å². The number of anilines is 1. The van der Waals surface area contributed by atoms with E-state index >= 15 is 0 Å². The molecule has 1 unspecified atom stereocenters. The zero-order valence-electron chi connectivity index (χ0n) is 11.3. The molecular formula is C14H22N2O2. The van der Waals surface area contributed by atoms with E-state index in [4.69, 9.17) is 4.74 Å². The number of carbonyl (C=O) groups is 1. The average molecular weight is 250 g/mol. The Morgan fingerprint density at radius 3 is 2.89 bits per heavy atom. The van der Waals surface area contributed by atoms with Crippen LogP contribution in [0, 0.1) is 0 Å². The van der Waals surface area contributed by atoms with E-state index in [2.05, 4.69) is 10.6 Å². The Labute approximate surface area is 109 Å². The van der Waals surface area contributed by atoms with Crippen molar-refractivity contribution in [3.8, 4) is 0 Å². The molecule has 1 atom stereocenters. The van der Waals surface area contributed by atoms with Crippen LogP contribution in [0.2, 0.25) is 0 Å². The summed E-state index contributed by atoms with van der Waals surface area (Å²) in [6.45, 7) is 5.46. The molecule has 0 bridgehead atoms. The van der Waals surface area contributed by atoms with E-state index < -0.39 is 0 Å². The summed E-state index contributed by atoms with van der Waals surface area (Å²) in [5.41, 5.74) is 1.87. The third kappa shape index (κ3) is 5.29. The maximum absolute atomic E-state index is 11.8. The van der Waals surface area contributed by atoms with E-state index in [9.17, 15) is 4.79 Å². The molecule has 0 aliphatic heterocycles. The van der Waals surface area contributed by atoms with Crippen LogP contribution in [0.25, 0.3) is 0 Å². The predicted molar refractivity (Wildman–Crippen MR) is 73.5 cm³/mol. The highest BCUT2D eigenvalue weighted by Gasteiger charge is 2.08. The number of carbonyl (C=O) groups excluding carboxylic acids is 1. The fraction of sp³-hybridized carbons (Fsp3) is 0.500. The Kier molecular flexibility index (Phi) is 6.39. The minimum atomic E-state index is 0.0259. The minimum Gasteiger partial charge on any atom is -0.380 e. The zero-order chi connectivity index (χ0) is 13.4. The van der Waals surface area contributed by atoms with Gasteiger partial charge in [0.15, 0.2) is 0 Å². The lowest BCUT2D eigenvalue weighted by molar-refractivity contribution is -0.116. The van der Waals surface area contributed by atoms with Gasteiger partial charge in [0.1, 0.15) is 0 Å². The lowest BCUT2D eigenvalue weighted by Gasteiger charge is -2.12. The molecule has 0 saturated heterocycles. The number of hydrogen-bond acceptors (Lipinski definition) is 3. The highest BCUT2D eigenvalue weighted by atomic mass is 16.5. The van der Waals surface area contributed by atoms with Crippen LogP contribution in [0.3, 0.4) is 0 Å². The third-order valence-corrected chi connectivity index (χ3v) is 2.57. The maximum atomic E-state index is 11.8. The number of amides is 1. The Balaban J connectivity index is 2.50. The first kappa shape index (κ1) is 14.7. The average Bonchev–Trinajstić information content (AvgIpc) is 2.29. The molecule has 0 aliphatic carbocycles. The Morgan fingerprint density at radius 2 is 2.22 bits per heavy atom. The molecule has 4 nitrogen and oxygen atoms in total. The Morgan fingerprint density at radius 1 is 1.44 bits per heavy atom. The molecule has 0 spiro atoms. The van der Waals surface area contributed by atoms with E-state index in [1.807, 2.05) is 38.1 Å². The van der Waals surface area contributed by atoms with Crippen molar-refractivity contribution in [2.45, 2.75) is 32.9 Å². The number of methoxy groups -OCH3 is 1. The van der Waals surface area contributed by atoms with E-state index in [0.29, 0.717) is 13.0 Å². The summed E-state index contributed by atoms with van der Waals surface area (Å²) in [4.78, 5) is 11.8. The standard InChI is InChI=1S/C14H22N2O2/c1-4-15-11(2)8-14(17)16-13-7-5-6-12(9-13)10-18-3/h5-7,9,11,15H,4,8,10H2,1-3H3,(H,16,17). The molecule has 1 aromatic rings. The quantitative estimate of drug-likeness (QED) is 0.779. The van der Waals surface area contributed by atoms with Crippen molar-refractivity contribution in [1.82, 2.24) is 5.32 Å². The van der Waals surface area contributed by atoms with Gasteiger partial charge in [0.2, 0.25) is 5.91 Å². The van der Waals surface area contributed by atoms with Gasteiger partial charge in [-0.1, -0.05) is 19.1 Å². The lowest BCUT2D eigenvalue weighted by Crippen LogP contribution is -2.30. The summed E-state index contributed by atoms with van der Waals surface area (Å²) in [5.74, 6) is 0.0259. The number of rotatable bonds is 7. The van der Waals surface area contributed by atoms with Gasteiger partial charge in [-0.2, -0.15) is 0 Å². The number of benzene rings is 1. The van der Waals surface area contributed by atoms with Crippen molar-refractivity contribution in [2.75, 3.05) is 19.0 Å². The molecule has 18 heavy (non-hydrogen) atoms. The van der Waals surface area contributed by atoms with Gasteiger partial charge in [0.05, 0.1) is 6.61 Å². The van der Waals surface area contributed by atoms with Gasteiger partial charge in [-0.3, -0.25) is 4.79 Å². The largest absolute Gasteiger partial charge is 0.380 e. The Hall–Kier alpha value is -1.39. The van der Waals surface area contributed by atoms with E-state index in [1.165, 1.54) is 0 Å². The van der Waals surface area contributed by atoms with E-state index in [1.54, 1.807) is 7.11 Å². The van der Waals surface area contributed by atoms with Crippen LogP contribution in [-0.4, -0.2) is 25.6 Å². The molecule has 1 rings (SSSR count). The minimum absolute atomic E-state index is 0.0259. The maximum Gasteiger partial charge on any atom is 0.225 e. The first-order chi connectivity index (χ1) is 8.65. The predicted octanol–water partition coefficient (Wildman–Crippen LogP) is 2.16. The fourth-order valence-corrected chi connectivity index (χ4v) is 1.82. The monoisotopic (exact) mass is 250 g/mol. The zero-order valence-corrected chi connectivity index (χ0v) is 11.3. The van der Waals surface area contributed by atoms with Crippen molar-refractivity contribution >= 4 is 11.6 Å². The summed E-state index contributed by atoms with van der Waals surface area (Å²) >= 11 is 0. The molecule has 100 valence electrons. The highest BCUT2D eigenvalue weighted by molar-refractivity contribution is 5.91. The topological polar surface area (TPSA) is 50.4 Å². The van der Waals surface area contributed by atoms with Crippen molar-refractivity contribution < 1.29 is 9.53 Å². The number of hydrogen-bond donors (Lipinski definition) is 2. The number of ether oxygens (including phenoxy) is 1. The second-order valence-electron chi connectivity index (χ2n) is 4.34. The van der Waals surface area contributed by atoms with Gasteiger partial charge >= 0.3 is 0 Å². The van der Waals surface area contributed by atoms with Gasteiger partial charge in [0.25, 0.3) is 0 Å². The molecular weight excluding hydrogens is 228 g/mol. The van der Waals surface area contributed by atoms with Gasteiger partial charge < -0.3 is 15.4 Å². The normalized spacial score (nSPS) is 12.2. The van der Waals surface area contributed by atoms with Crippen LogP contribution in [0.4, 0.5) is 5.69 Å². The second-order valence-corrected chi connectivity index (χ2v) is 4.34. The molecule has 0 saturated carbocycles. The van der Waals surface area contributed by atoms with Crippen molar-refractivity contribution in [3.63, 3.8) is 0 Å². The molecule has 2 N–H and O–H groups in total. The first-order valence-electron chi connectivity index (χ1n) is 6.26. The van der Waals surface area contributed by atoms with Crippen LogP contribution < -0.4 is 10.6 Å². The Bertz CT molecular complexity index is 380. The van der Waals surface area contributed by atoms with Gasteiger partial charge in [-0.25, -0.2) is 0 Å². The molecule has 0 aromatic heterocycles. The molecule has 0 fully saturated rings. The summed E-state index contributed by atoms with van der Waals surface area (Å²) in [6, 6.07) is 7.89. The molecule has 1 aromatic carbocycles. The summed E-state index contributed by atoms with van der Waals surface area (Å²) in [6.07, 6.45) is 0.475. The van der Waals surface area contributed by atoms with E-state index in [0.717, 1.165) is 17.8 Å². The highest BCUT2D eigenvalue weighted by Crippen LogP contribution is 2.12. The lowest BCUT2D eigenvalue weighted by atomic mass is 10.2. The summed E-state index contributed by atoms with van der Waals surface area (Å²) in [5, 5.41) is 6.11. The third-order valence-electron chi connectivity index (χ3n) is 2.57. The fourth-order valence-electron chi connectivity index (χ4n) is 1.82. The summed E-state index contributed by atoms with van der Waals surface area (Å²) < 4.78 is 5.06. The van der Waals surface area contributed by atoms with Gasteiger partial charge in [-0.05, 0) is 31.2 Å². The van der Waals surface area contributed by atoms with Crippen LogP contribution >= 0.6 is 0 Å². The first-order valence-corrected chi connectivity index (χ1v) is 6.26. The van der Waals surface area contributed by atoms with Gasteiger partial charge in [-0.15, -0.1) is 0 Å². The van der Waals surface area contributed by atoms with Crippen LogP contribution in [0.1, 0.15) is 25.8 Å². The van der Waals surface area contributed by atoms with Gasteiger partial charge in [0, 0.05) is 25.3 Å². The SMILES string of the molecule is CCNC(C)CC(=O)Nc1cccc(COC)c1. The number of nitrogens with one attached hydrogen (secondary N) is 2. The molecule has 0 radical (unpaired) electrons. The van der Waals surface area contributed by atoms with Crippen molar-refractivity contribution in [3.05, 3.63) is 29.8 Å². The van der Waals surface area contributed by atoms with Crippen LogP contribution in [0.15, 0.2) is 24.3 Å². The second kappa shape index (κ2) is 7.84. The van der Waals surface area contributed by atoms with Crippen molar-refractivity contribution in [1.29, 1.82) is 0 Å². The molecule has 4 heteroatoms. The van der Waals surface area contributed by atoms with Crippen LogP contribution in [0.5, 0.6) is 0 Å². The molecule has 0 aliphatic rings.